The lowest BCUT2D eigenvalue weighted by molar-refractivity contribution is -0.129. The van der Waals surface area contributed by atoms with Gasteiger partial charge in [-0.3, -0.25) is 9.59 Å². The maximum atomic E-state index is 12.3. The van der Waals surface area contributed by atoms with Crippen LogP contribution in [0.15, 0.2) is 42.5 Å². The first-order valence-electron chi connectivity index (χ1n) is 7.77. The number of Topliss-reactive ketones (excluding diaryl/α,β-unsaturated/α-hetero) is 1. The summed E-state index contributed by atoms with van der Waals surface area (Å²) in [6.07, 6.45) is 0. The van der Waals surface area contributed by atoms with Crippen molar-refractivity contribution in [2.24, 2.45) is 5.41 Å². The van der Waals surface area contributed by atoms with Crippen LogP contribution in [-0.4, -0.2) is 24.1 Å². The Kier molecular flexibility index (Phi) is 3.84. The second kappa shape index (κ2) is 5.71. The van der Waals surface area contributed by atoms with Crippen molar-refractivity contribution >= 4 is 17.5 Å². The minimum atomic E-state index is -0.563. The van der Waals surface area contributed by atoms with E-state index in [1.165, 1.54) is 0 Å². The largest absolute Gasteiger partial charge is 0.454 e. The quantitative estimate of drug-likeness (QED) is 0.690. The molecular formula is C20H18O4. The summed E-state index contributed by atoms with van der Waals surface area (Å²) in [7, 11) is 0. The molecule has 0 amide bonds. The molecule has 1 aliphatic carbocycles. The molecular weight excluding hydrogens is 304 g/mol. The van der Waals surface area contributed by atoms with Crippen LogP contribution in [0.2, 0.25) is 0 Å². The van der Waals surface area contributed by atoms with E-state index in [1.807, 2.05) is 18.2 Å². The van der Waals surface area contributed by atoms with Crippen molar-refractivity contribution in [3.05, 3.63) is 59.2 Å². The van der Waals surface area contributed by atoms with E-state index in [1.54, 1.807) is 45.0 Å². The standard InChI is InChI=1S/C20H18O4/c1-20(2,3)17(21)11-24-19(23)12-8-9-15-16(10-12)13-6-4-5-7-14(13)18(15)22/h4-10H,11H2,1-3H3. The normalized spacial score (nSPS) is 12.5. The SMILES string of the molecule is CC(C)(C)C(=O)COC(=O)c1ccc2c(c1)-c1ccccc1C2=O. The van der Waals surface area contributed by atoms with Gasteiger partial charge < -0.3 is 4.74 Å². The number of benzene rings is 2. The summed E-state index contributed by atoms with van der Waals surface area (Å²) in [6, 6.07) is 12.2. The van der Waals surface area contributed by atoms with E-state index in [-0.39, 0.29) is 18.2 Å². The van der Waals surface area contributed by atoms with Crippen molar-refractivity contribution in [1.29, 1.82) is 0 Å². The zero-order chi connectivity index (χ0) is 17.5. The predicted octanol–water partition coefficient (Wildman–Crippen LogP) is 3.67. The number of hydrogen-bond acceptors (Lipinski definition) is 4. The molecule has 0 spiro atoms. The van der Waals surface area contributed by atoms with Crippen LogP contribution in [0.3, 0.4) is 0 Å². The topological polar surface area (TPSA) is 60.4 Å². The Bertz CT molecular complexity index is 856. The van der Waals surface area contributed by atoms with Crippen LogP contribution in [0.4, 0.5) is 0 Å². The molecule has 2 aromatic rings. The fourth-order valence-corrected chi connectivity index (χ4v) is 2.58. The molecule has 0 saturated carbocycles. The predicted molar refractivity (Wildman–Crippen MR) is 90.1 cm³/mol. The molecule has 3 rings (SSSR count). The Morgan fingerprint density at radius 2 is 1.54 bits per heavy atom. The van der Waals surface area contributed by atoms with E-state index in [0.717, 1.165) is 11.1 Å². The highest BCUT2D eigenvalue weighted by Gasteiger charge is 2.28. The molecule has 4 heteroatoms. The van der Waals surface area contributed by atoms with Crippen molar-refractivity contribution in [1.82, 2.24) is 0 Å². The van der Waals surface area contributed by atoms with Crippen LogP contribution in [-0.2, 0) is 9.53 Å². The molecule has 0 saturated heterocycles. The van der Waals surface area contributed by atoms with Crippen LogP contribution in [0, 0.1) is 5.41 Å². The van der Waals surface area contributed by atoms with Crippen molar-refractivity contribution in [2.45, 2.75) is 20.8 Å². The second-order valence-corrected chi connectivity index (χ2v) is 6.88. The first-order valence-corrected chi connectivity index (χ1v) is 7.77. The van der Waals surface area contributed by atoms with Crippen molar-refractivity contribution < 1.29 is 19.1 Å². The summed E-state index contributed by atoms with van der Waals surface area (Å²) >= 11 is 0. The minimum absolute atomic E-state index is 0.0385. The van der Waals surface area contributed by atoms with Gasteiger partial charge in [0.05, 0.1) is 5.56 Å². The molecule has 122 valence electrons. The molecule has 0 atom stereocenters. The van der Waals surface area contributed by atoms with Gasteiger partial charge in [0.1, 0.15) is 0 Å². The number of rotatable bonds is 3. The molecule has 24 heavy (non-hydrogen) atoms. The van der Waals surface area contributed by atoms with E-state index in [9.17, 15) is 14.4 Å². The number of carbonyl (C=O) groups excluding carboxylic acids is 3. The summed E-state index contributed by atoms with van der Waals surface area (Å²) in [6.45, 7) is 5.08. The lowest BCUT2D eigenvalue weighted by atomic mass is 9.91. The Hall–Kier alpha value is -2.75. The lowest BCUT2D eigenvalue weighted by Crippen LogP contribution is -2.26. The first-order chi connectivity index (χ1) is 11.3. The van der Waals surface area contributed by atoms with Gasteiger partial charge in [0, 0.05) is 16.5 Å². The molecule has 0 aromatic heterocycles. The smallest absolute Gasteiger partial charge is 0.338 e. The molecule has 0 bridgehead atoms. The molecule has 0 aliphatic heterocycles. The van der Waals surface area contributed by atoms with Gasteiger partial charge in [-0.1, -0.05) is 45.0 Å². The average Bonchev–Trinajstić information content (AvgIpc) is 2.84. The highest BCUT2D eigenvalue weighted by molar-refractivity contribution is 6.22. The van der Waals surface area contributed by atoms with Crippen LogP contribution in [0.5, 0.6) is 0 Å². The monoisotopic (exact) mass is 322 g/mol. The van der Waals surface area contributed by atoms with Gasteiger partial charge in [-0.25, -0.2) is 4.79 Å². The molecule has 0 N–H and O–H groups in total. The summed E-state index contributed by atoms with van der Waals surface area (Å²) < 4.78 is 5.12. The third kappa shape index (κ3) is 2.75. The molecule has 0 fully saturated rings. The van der Waals surface area contributed by atoms with Crippen LogP contribution >= 0.6 is 0 Å². The number of ketones is 2. The van der Waals surface area contributed by atoms with Gasteiger partial charge in [-0.15, -0.1) is 0 Å². The highest BCUT2D eigenvalue weighted by atomic mass is 16.5. The summed E-state index contributed by atoms with van der Waals surface area (Å²) in [4.78, 5) is 36.4. The summed E-state index contributed by atoms with van der Waals surface area (Å²) in [5, 5.41) is 0. The van der Waals surface area contributed by atoms with Gasteiger partial charge >= 0.3 is 5.97 Å². The third-order valence-corrected chi connectivity index (χ3v) is 4.13. The average molecular weight is 322 g/mol. The van der Waals surface area contributed by atoms with Gasteiger partial charge in [0.25, 0.3) is 0 Å². The highest BCUT2D eigenvalue weighted by Crippen LogP contribution is 2.36. The molecule has 4 nitrogen and oxygen atoms in total. The molecule has 1 aliphatic rings. The fourth-order valence-electron chi connectivity index (χ4n) is 2.58. The Morgan fingerprint density at radius 3 is 2.21 bits per heavy atom. The van der Waals surface area contributed by atoms with E-state index in [0.29, 0.717) is 16.7 Å². The molecule has 0 unspecified atom stereocenters. The Morgan fingerprint density at radius 1 is 0.917 bits per heavy atom. The van der Waals surface area contributed by atoms with E-state index < -0.39 is 11.4 Å². The maximum absolute atomic E-state index is 12.3. The van der Waals surface area contributed by atoms with Gasteiger partial charge in [-0.05, 0) is 29.3 Å². The molecule has 0 heterocycles. The first kappa shape index (κ1) is 16.1. The third-order valence-electron chi connectivity index (χ3n) is 4.13. The Balaban J connectivity index is 1.85. The molecule has 0 radical (unpaired) electrons. The lowest BCUT2D eigenvalue weighted by Gasteiger charge is -2.16. The number of hydrogen-bond donors (Lipinski definition) is 0. The van der Waals surface area contributed by atoms with Crippen molar-refractivity contribution in [3.8, 4) is 11.1 Å². The van der Waals surface area contributed by atoms with Crippen molar-refractivity contribution in [3.63, 3.8) is 0 Å². The summed E-state index contributed by atoms with van der Waals surface area (Å²) in [5.74, 6) is -0.742. The summed E-state index contributed by atoms with van der Waals surface area (Å²) in [5.41, 5.74) is 2.55. The Labute approximate surface area is 140 Å². The van der Waals surface area contributed by atoms with Gasteiger partial charge in [0.2, 0.25) is 0 Å². The van der Waals surface area contributed by atoms with Crippen LogP contribution in [0.1, 0.15) is 47.1 Å². The van der Waals surface area contributed by atoms with Crippen LogP contribution in [0.25, 0.3) is 11.1 Å². The number of fused-ring (bicyclic) bond motifs is 3. The number of ether oxygens (including phenoxy) is 1. The number of carbonyl (C=O) groups is 3. The van der Waals surface area contributed by atoms with Gasteiger partial charge in [0.15, 0.2) is 18.2 Å². The van der Waals surface area contributed by atoms with E-state index in [2.05, 4.69) is 0 Å². The second-order valence-electron chi connectivity index (χ2n) is 6.88. The van der Waals surface area contributed by atoms with Crippen LogP contribution < -0.4 is 0 Å². The molecule has 2 aromatic carbocycles. The fraction of sp³-hybridized carbons (Fsp3) is 0.250. The van der Waals surface area contributed by atoms with E-state index in [4.69, 9.17) is 4.74 Å². The zero-order valence-electron chi connectivity index (χ0n) is 13.9. The zero-order valence-corrected chi connectivity index (χ0v) is 13.9. The maximum Gasteiger partial charge on any atom is 0.338 e. The number of esters is 1. The van der Waals surface area contributed by atoms with E-state index >= 15 is 0 Å². The minimum Gasteiger partial charge on any atom is -0.454 e. The van der Waals surface area contributed by atoms with Gasteiger partial charge in [-0.2, -0.15) is 0 Å². The van der Waals surface area contributed by atoms with Crippen molar-refractivity contribution in [2.75, 3.05) is 6.61 Å².